The number of sulfonamides is 1. The van der Waals surface area contributed by atoms with Crippen LogP contribution in [0.5, 0.6) is 0 Å². The number of nitrogens with zero attached hydrogens (tertiary/aromatic N) is 2. The molecule has 1 atom stereocenters. The number of likely N-dealkylation sites (N-methyl/N-ethyl adjacent to an activating group) is 1. The number of carbonyl (C=O) groups is 1. The number of amides is 1. The highest BCUT2D eigenvalue weighted by Crippen LogP contribution is 2.30. The fourth-order valence-electron chi connectivity index (χ4n) is 3.45. The van der Waals surface area contributed by atoms with Crippen molar-refractivity contribution < 1.29 is 13.2 Å². The average molecular weight is 388 g/mol. The molecule has 27 heavy (non-hydrogen) atoms. The van der Waals surface area contributed by atoms with Gasteiger partial charge < -0.3 is 5.32 Å². The van der Waals surface area contributed by atoms with Crippen molar-refractivity contribution in [3.8, 4) is 0 Å². The summed E-state index contributed by atoms with van der Waals surface area (Å²) >= 11 is 0. The predicted molar refractivity (Wildman–Crippen MR) is 108 cm³/mol. The topological polar surface area (TPSA) is 69.7 Å². The van der Waals surface area contributed by atoms with E-state index >= 15 is 0 Å². The van der Waals surface area contributed by atoms with E-state index in [-0.39, 0.29) is 11.7 Å². The molecule has 2 aromatic carbocycles. The highest BCUT2D eigenvalue weighted by Gasteiger charge is 2.29. The van der Waals surface area contributed by atoms with Gasteiger partial charge in [0.2, 0.25) is 15.9 Å². The van der Waals surface area contributed by atoms with Crippen LogP contribution >= 0.6 is 0 Å². The second-order valence-corrected chi connectivity index (χ2v) is 9.02. The van der Waals surface area contributed by atoms with Crippen LogP contribution in [0.15, 0.2) is 48.5 Å². The van der Waals surface area contributed by atoms with Crippen molar-refractivity contribution in [1.82, 2.24) is 4.90 Å². The summed E-state index contributed by atoms with van der Waals surface area (Å²) in [6, 6.07) is 14.5. The Balaban J connectivity index is 1.81. The summed E-state index contributed by atoms with van der Waals surface area (Å²) in [4.78, 5) is 14.7. The molecule has 0 bridgehead atoms. The van der Waals surface area contributed by atoms with Gasteiger partial charge in [-0.25, -0.2) is 8.42 Å². The van der Waals surface area contributed by atoms with Gasteiger partial charge in [-0.3, -0.25) is 14.0 Å². The lowest BCUT2D eigenvalue weighted by Crippen LogP contribution is -2.32. The zero-order valence-corrected chi connectivity index (χ0v) is 16.7. The van der Waals surface area contributed by atoms with Crippen LogP contribution in [0.1, 0.15) is 23.6 Å². The Labute approximate surface area is 160 Å². The van der Waals surface area contributed by atoms with Gasteiger partial charge in [-0.05, 0) is 56.8 Å². The maximum absolute atomic E-state index is 12.9. The smallest absolute Gasteiger partial charge is 0.246 e. The molecule has 2 aromatic rings. The van der Waals surface area contributed by atoms with E-state index in [2.05, 4.69) is 5.32 Å². The summed E-state index contributed by atoms with van der Waals surface area (Å²) in [5.74, 6) is 0.0547. The monoisotopic (exact) mass is 387 g/mol. The van der Waals surface area contributed by atoms with Gasteiger partial charge in [0.1, 0.15) is 6.04 Å². The molecule has 0 aliphatic carbocycles. The van der Waals surface area contributed by atoms with Gasteiger partial charge in [-0.1, -0.05) is 30.3 Å². The van der Waals surface area contributed by atoms with E-state index in [0.717, 1.165) is 11.1 Å². The lowest BCUT2D eigenvalue weighted by molar-refractivity contribution is -0.120. The Morgan fingerprint density at radius 2 is 1.85 bits per heavy atom. The number of carbonyl (C=O) groups excluding carboxylic acids is 1. The number of rotatable bonds is 5. The predicted octanol–water partition coefficient (Wildman–Crippen LogP) is 2.78. The molecule has 1 N–H and O–H groups in total. The fraction of sp³-hybridized carbons (Fsp3) is 0.350. The standard InChI is InChI=1S/C20H25N3O3S/c1-15-14-17(10-11-18(15)23-12-7-13-27(23,25)26)21-20(24)19(22(2)3)16-8-5-4-6-9-16/h4-6,8-11,14,19H,7,12-13H2,1-3H3,(H,21,24). The van der Waals surface area contributed by atoms with Crippen LogP contribution in [0.4, 0.5) is 11.4 Å². The van der Waals surface area contributed by atoms with Gasteiger partial charge in [-0.2, -0.15) is 0 Å². The van der Waals surface area contributed by atoms with E-state index in [1.807, 2.05) is 62.3 Å². The van der Waals surface area contributed by atoms with E-state index in [1.54, 1.807) is 12.1 Å². The molecule has 0 aromatic heterocycles. The second-order valence-electron chi connectivity index (χ2n) is 7.01. The Bertz CT molecular complexity index is 927. The van der Waals surface area contributed by atoms with Crippen LogP contribution in [0, 0.1) is 6.92 Å². The molecular formula is C20H25N3O3S. The van der Waals surface area contributed by atoms with Crippen LogP contribution in [-0.4, -0.2) is 45.6 Å². The quantitative estimate of drug-likeness (QED) is 0.857. The molecule has 0 radical (unpaired) electrons. The Hall–Kier alpha value is -2.38. The highest BCUT2D eigenvalue weighted by molar-refractivity contribution is 7.93. The normalized spacial score (nSPS) is 17.1. The minimum atomic E-state index is -3.22. The summed E-state index contributed by atoms with van der Waals surface area (Å²) in [6.07, 6.45) is 0.641. The number of hydrogen-bond acceptors (Lipinski definition) is 4. The first-order chi connectivity index (χ1) is 12.8. The number of benzene rings is 2. The van der Waals surface area contributed by atoms with Gasteiger partial charge >= 0.3 is 0 Å². The minimum absolute atomic E-state index is 0.132. The number of aryl methyl sites for hydroxylation is 1. The average Bonchev–Trinajstić information content (AvgIpc) is 2.95. The van der Waals surface area contributed by atoms with E-state index in [0.29, 0.717) is 24.3 Å². The van der Waals surface area contributed by atoms with Gasteiger partial charge in [0.15, 0.2) is 0 Å². The molecule has 1 aliphatic heterocycles. The summed E-state index contributed by atoms with van der Waals surface area (Å²) in [7, 11) is 0.510. The van der Waals surface area contributed by atoms with Crippen LogP contribution < -0.4 is 9.62 Å². The first kappa shape index (κ1) is 19.4. The molecule has 1 aliphatic rings. The van der Waals surface area contributed by atoms with Crippen molar-refractivity contribution in [2.45, 2.75) is 19.4 Å². The van der Waals surface area contributed by atoms with Crippen molar-refractivity contribution in [2.24, 2.45) is 0 Å². The molecule has 1 heterocycles. The van der Waals surface area contributed by atoms with Gasteiger partial charge in [0, 0.05) is 12.2 Å². The van der Waals surface area contributed by atoms with E-state index < -0.39 is 16.1 Å². The van der Waals surface area contributed by atoms with E-state index in [1.165, 1.54) is 4.31 Å². The van der Waals surface area contributed by atoms with Crippen molar-refractivity contribution in [1.29, 1.82) is 0 Å². The van der Waals surface area contributed by atoms with Crippen molar-refractivity contribution in [3.63, 3.8) is 0 Å². The van der Waals surface area contributed by atoms with Crippen LogP contribution in [0.25, 0.3) is 0 Å². The second kappa shape index (κ2) is 7.70. The van der Waals surface area contributed by atoms with Crippen molar-refractivity contribution in [2.75, 3.05) is 36.0 Å². The summed E-state index contributed by atoms with van der Waals surface area (Å²) < 4.78 is 25.8. The molecule has 0 spiro atoms. The molecule has 3 rings (SSSR count). The van der Waals surface area contributed by atoms with E-state index in [4.69, 9.17) is 0 Å². The first-order valence-corrected chi connectivity index (χ1v) is 10.5. The molecule has 1 saturated heterocycles. The molecule has 144 valence electrons. The van der Waals surface area contributed by atoms with Crippen LogP contribution in [0.2, 0.25) is 0 Å². The van der Waals surface area contributed by atoms with Gasteiger partial charge in [0.25, 0.3) is 0 Å². The fourth-order valence-corrected chi connectivity index (χ4v) is 5.08. The number of anilines is 2. The van der Waals surface area contributed by atoms with Crippen LogP contribution in [0.3, 0.4) is 0 Å². The third kappa shape index (κ3) is 4.14. The molecule has 1 unspecified atom stereocenters. The lowest BCUT2D eigenvalue weighted by atomic mass is 10.0. The lowest BCUT2D eigenvalue weighted by Gasteiger charge is -2.24. The molecule has 6 nitrogen and oxygen atoms in total. The molecule has 7 heteroatoms. The van der Waals surface area contributed by atoms with E-state index in [9.17, 15) is 13.2 Å². The largest absolute Gasteiger partial charge is 0.324 e. The summed E-state index contributed by atoms with van der Waals surface area (Å²) in [5, 5.41) is 2.95. The van der Waals surface area contributed by atoms with Crippen molar-refractivity contribution in [3.05, 3.63) is 59.7 Å². The molecule has 1 amide bonds. The Morgan fingerprint density at radius 3 is 2.41 bits per heavy atom. The Morgan fingerprint density at radius 1 is 1.15 bits per heavy atom. The molecule has 1 fully saturated rings. The molecular weight excluding hydrogens is 362 g/mol. The maximum atomic E-state index is 12.9. The first-order valence-electron chi connectivity index (χ1n) is 8.93. The zero-order valence-electron chi connectivity index (χ0n) is 15.8. The van der Waals surface area contributed by atoms with Crippen molar-refractivity contribution >= 4 is 27.3 Å². The number of hydrogen-bond donors (Lipinski definition) is 1. The third-order valence-electron chi connectivity index (χ3n) is 4.71. The Kier molecular flexibility index (Phi) is 5.53. The molecule has 0 saturated carbocycles. The van der Waals surface area contributed by atoms with Gasteiger partial charge in [-0.15, -0.1) is 0 Å². The summed E-state index contributed by atoms with van der Waals surface area (Å²) in [5.41, 5.74) is 3.06. The van der Waals surface area contributed by atoms with Crippen LogP contribution in [-0.2, 0) is 14.8 Å². The zero-order chi connectivity index (χ0) is 19.6. The van der Waals surface area contributed by atoms with Gasteiger partial charge in [0.05, 0.1) is 11.4 Å². The summed E-state index contributed by atoms with van der Waals surface area (Å²) in [6.45, 7) is 2.37. The maximum Gasteiger partial charge on any atom is 0.246 e. The minimum Gasteiger partial charge on any atom is -0.324 e. The number of nitrogens with one attached hydrogen (secondary N) is 1. The highest BCUT2D eigenvalue weighted by atomic mass is 32.2. The third-order valence-corrected chi connectivity index (χ3v) is 6.57. The SMILES string of the molecule is Cc1cc(NC(=O)C(c2ccccc2)N(C)C)ccc1N1CCCS1(=O)=O.